The van der Waals surface area contributed by atoms with Gasteiger partial charge in [0.2, 0.25) is 0 Å². The highest BCUT2D eigenvalue weighted by Gasteiger charge is 2.16. The molecule has 0 radical (unpaired) electrons. The summed E-state index contributed by atoms with van der Waals surface area (Å²) in [5, 5.41) is 17.0. The molecule has 0 fully saturated rings. The van der Waals surface area contributed by atoms with Gasteiger partial charge in [-0.05, 0) is 37.3 Å². The molecule has 0 aliphatic carbocycles. The molecule has 2 aromatic carbocycles. The molecule has 9 nitrogen and oxygen atoms in total. The number of aryl methyl sites for hydroxylation is 2. The number of rotatable bonds is 5. The second kappa shape index (κ2) is 7.86. The summed E-state index contributed by atoms with van der Waals surface area (Å²) in [6.07, 6.45) is 1.69. The fourth-order valence-corrected chi connectivity index (χ4v) is 3.95. The lowest BCUT2D eigenvalue weighted by Gasteiger charge is -2.06. The maximum atomic E-state index is 13.2. The Kier molecular flexibility index (Phi) is 4.86. The standard InChI is InChI=1S/C24H19N5O4/c1-15-5-3-6-16(26-15)14-28-24(30)23-21(13-25-28)20-10-9-19(12-22(20)27(23)2)33-18-8-4-7-17(11-18)29(31)32/h3-13H,14H2,1-2H3. The zero-order chi connectivity index (χ0) is 23.1. The van der Waals surface area contributed by atoms with Gasteiger partial charge in [0.1, 0.15) is 17.0 Å². The lowest BCUT2D eigenvalue weighted by Crippen LogP contribution is -2.24. The van der Waals surface area contributed by atoms with Crippen LogP contribution < -0.4 is 10.3 Å². The predicted molar refractivity (Wildman–Crippen MR) is 124 cm³/mol. The van der Waals surface area contributed by atoms with Crippen LogP contribution in [0.1, 0.15) is 11.4 Å². The highest BCUT2D eigenvalue weighted by molar-refractivity contribution is 6.07. The Morgan fingerprint density at radius 2 is 1.82 bits per heavy atom. The molecule has 5 aromatic rings. The summed E-state index contributed by atoms with van der Waals surface area (Å²) in [4.78, 5) is 28.3. The molecule has 5 rings (SSSR count). The summed E-state index contributed by atoms with van der Waals surface area (Å²) in [6, 6.07) is 17.1. The average molecular weight is 441 g/mol. The molecule has 0 N–H and O–H groups in total. The van der Waals surface area contributed by atoms with Crippen LogP contribution in [-0.4, -0.2) is 24.3 Å². The second-order valence-corrected chi connectivity index (χ2v) is 7.73. The first-order chi connectivity index (χ1) is 15.9. The van der Waals surface area contributed by atoms with Crippen molar-refractivity contribution in [2.24, 2.45) is 7.05 Å². The van der Waals surface area contributed by atoms with E-state index in [0.717, 1.165) is 27.7 Å². The van der Waals surface area contributed by atoms with Crippen LogP contribution in [0.15, 0.2) is 71.7 Å². The van der Waals surface area contributed by atoms with Gasteiger partial charge in [0.05, 0.1) is 34.9 Å². The third kappa shape index (κ3) is 3.69. The molecule has 0 aliphatic heterocycles. The summed E-state index contributed by atoms with van der Waals surface area (Å²) >= 11 is 0. The van der Waals surface area contributed by atoms with Crippen molar-refractivity contribution in [2.45, 2.75) is 13.5 Å². The number of pyridine rings is 1. The molecule has 0 amide bonds. The third-order valence-electron chi connectivity index (χ3n) is 5.50. The molecule has 0 spiro atoms. The number of ether oxygens (including phenoxy) is 1. The first-order valence-corrected chi connectivity index (χ1v) is 10.2. The van der Waals surface area contributed by atoms with Gasteiger partial charge < -0.3 is 9.30 Å². The predicted octanol–water partition coefficient (Wildman–Crippen LogP) is 4.34. The monoisotopic (exact) mass is 441 g/mol. The van der Waals surface area contributed by atoms with Crippen LogP contribution >= 0.6 is 0 Å². The molecule has 9 heteroatoms. The van der Waals surface area contributed by atoms with Crippen LogP contribution in [0.2, 0.25) is 0 Å². The Morgan fingerprint density at radius 3 is 2.61 bits per heavy atom. The highest BCUT2D eigenvalue weighted by Crippen LogP contribution is 2.31. The lowest BCUT2D eigenvalue weighted by atomic mass is 10.2. The summed E-state index contributed by atoms with van der Waals surface area (Å²) in [7, 11) is 1.82. The zero-order valence-corrected chi connectivity index (χ0v) is 17.9. The van der Waals surface area contributed by atoms with Crippen molar-refractivity contribution in [3.05, 3.63) is 98.7 Å². The Hall–Kier alpha value is -4.53. The number of nitro benzene ring substituents is 1. The van der Waals surface area contributed by atoms with Gasteiger partial charge in [0, 0.05) is 35.6 Å². The maximum absolute atomic E-state index is 13.2. The van der Waals surface area contributed by atoms with E-state index >= 15 is 0 Å². The van der Waals surface area contributed by atoms with Gasteiger partial charge in [-0.3, -0.25) is 19.9 Å². The third-order valence-corrected chi connectivity index (χ3v) is 5.50. The van der Waals surface area contributed by atoms with E-state index in [1.807, 2.05) is 42.8 Å². The lowest BCUT2D eigenvalue weighted by molar-refractivity contribution is -0.384. The van der Waals surface area contributed by atoms with Gasteiger partial charge >= 0.3 is 0 Å². The van der Waals surface area contributed by atoms with Crippen LogP contribution in [0, 0.1) is 17.0 Å². The second-order valence-electron chi connectivity index (χ2n) is 7.73. The van der Waals surface area contributed by atoms with Crippen molar-refractivity contribution in [3.63, 3.8) is 0 Å². The molecule has 0 atom stereocenters. The Bertz CT molecular complexity index is 1600. The molecule has 0 bridgehead atoms. The number of benzene rings is 2. The first-order valence-electron chi connectivity index (χ1n) is 10.2. The summed E-state index contributed by atoms with van der Waals surface area (Å²) in [6.45, 7) is 2.18. The number of hydrogen-bond acceptors (Lipinski definition) is 6. The molecular weight excluding hydrogens is 422 g/mol. The van der Waals surface area contributed by atoms with Crippen molar-refractivity contribution < 1.29 is 9.66 Å². The van der Waals surface area contributed by atoms with Crippen molar-refractivity contribution in [3.8, 4) is 11.5 Å². The number of aromatic nitrogens is 4. The van der Waals surface area contributed by atoms with E-state index in [2.05, 4.69) is 10.1 Å². The van der Waals surface area contributed by atoms with Crippen LogP contribution in [0.5, 0.6) is 11.5 Å². The largest absolute Gasteiger partial charge is 0.457 e. The van der Waals surface area contributed by atoms with Gasteiger partial charge in [-0.1, -0.05) is 12.1 Å². The van der Waals surface area contributed by atoms with Crippen molar-refractivity contribution in [1.29, 1.82) is 0 Å². The fourth-order valence-electron chi connectivity index (χ4n) is 3.95. The van der Waals surface area contributed by atoms with Crippen molar-refractivity contribution >= 4 is 27.5 Å². The molecule has 3 aromatic heterocycles. The number of non-ortho nitro benzene ring substituents is 1. The molecule has 0 saturated carbocycles. The van der Waals surface area contributed by atoms with E-state index in [0.29, 0.717) is 17.0 Å². The van der Waals surface area contributed by atoms with E-state index in [-0.39, 0.29) is 17.8 Å². The maximum Gasteiger partial charge on any atom is 0.291 e. The zero-order valence-electron chi connectivity index (χ0n) is 17.9. The minimum atomic E-state index is -0.468. The smallest absolute Gasteiger partial charge is 0.291 e. The number of hydrogen-bond donors (Lipinski definition) is 0. The van der Waals surface area contributed by atoms with Gasteiger partial charge in [0.15, 0.2) is 0 Å². The molecule has 164 valence electrons. The Labute approximate surface area is 187 Å². The van der Waals surface area contributed by atoms with Gasteiger partial charge in [-0.2, -0.15) is 5.10 Å². The van der Waals surface area contributed by atoms with Crippen LogP contribution in [-0.2, 0) is 13.6 Å². The minimum absolute atomic E-state index is 0.0482. The number of nitrogens with zero attached hydrogens (tertiary/aromatic N) is 5. The van der Waals surface area contributed by atoms with E-state index in [1.54, 1.807) is 30.5 Å². The van der Waals surface area contributed by atoms with Gasteiger partial charge in [0.25, 0.3) is 11.2 Å². The first kappa shape index (κ1) is 20.4. The van der Waals surface area contributed by atoms with E-state index < -0.39 is 4.92 Å². The molecule has 0 aliphatic rings. The van der Waals surface area contributed by atoms with Gasteiger partial charge in [-0.25, -0.2) is 4.68 Å². The van der Waals surface area contributed by atoms with Crippen molar-refractivity contribution in [2.75, 3.05) is 0 Å². The normalized spacial score (nSPS) is 11.2. The molecule has 0 unspecified atom stereocenters. The summed E-state index contributed by atoms with van der Waals surface area (Å²) in [5.74, 6) is 0.864. The highest BCUT2D eigenvalue weighted by atomic mass is 16.6. The van der Waals surface area contributed by atoms with E-state index in [4.69, 9.17) is 4.74 Å². The fraction of sp³-hybridized carbons (Fsp3) is 0.125. The van der Waals surface area contributed by atoms with Crippen LogP contribution in [0.25, 0.3) is 21.8 Å². The summed E-state index contributed by atoms with van der Waals surface area (Å²) in [5.41, 5.74) is 2.69. The molecule has 0 saturated heterocycles. The quantitative estimate of drug-likeness (QED) is 0.297. The van der Waals surface area contributed by atoms with Gasteiger partial charge in [-0.15, -0.1) is 0 Å². The summed E-state index contributed by atoms with van der Waals surface area (Å²) < 4.78 is 9.07. The van der Waals surface area contributed by atoms with Crippen molar-refractivity contribution in [1.82, 2.24) is 19.3 Å². The molecule has 3 heterocycles. The van der Waals surface area contributed by atoms with E-state index in [9.17, 15) is 14.9 Å². The van der Waals surface area contributed by atoms with Crippen LogP contribution in [0.4, 0.5) is 5.69 Å². The number of fused-ring (bicyclic) bond motifs is 3. The Balaban J connectivity index is 1.55. The average Bonchev–Trinajstić information content (AvgIpc) is 3.08. The minimum Gasteiger partial charge on any atom is -0.457 e. The SMILES string of the molecule is Cc1cccc(Cn2ncc3c4ccc(Oc5cccc([N+](=O)[O-])c5)cc4n(C)c3c2=O)n1. The topological polar surface area (TPSA) is 105 Å². The van der Waals surface area contributed by atoms with Crippen LogP contribution in [0.3, 0.4) is 0 Å². The molecule has 33 heavy (non-hydrogen) atoms. The van der Waals surface area contributed by atoms with E-state index in [1.165, 1.54) is 16.8 Å². The Morgan fingerprint density at radius 1 is 1.03 bits per heavy atom. The number of nitro groups is 1. The molecular formula is C24H19N5O4.